The fraction of sp³-hybridized carbons (Fsp3) is 0.150. The van der Waals surface area contributed by atoms with Gasteiger partial charge in [-0.15, -0.1) is 0 Å². The number of ketones is 1. The van der Waals surface area contributed by atoms with Crippen molar-refractivity contribution in [3.63, 3.8) is 0 Å². The third-order valence-electron chi connectivity index (χ3n) is 3.68. The summed E-state index contributed by atoms with van der Waals surface area (Å²) in [4.78, 5) is 12.0. The second-order valence-electron chi connectivity index (χ2n) is 5.77. The van der Waals surface area contributed by atoms with E-state index in [0.29, 0.717) is 11.1 Å². The molecule has 2 rings (SSSR count). The number of carbonyl (C=O) groups is 1. The lowest BCUT2D eigenvalue weighted by atomic mass is 10.2. The van der Waals surface area contributed by atoms with Crippen LogP contribution in [0.3, 0.4) is 0 Å². The topological polar surface area (TPSA) is 110 Å². The summed E-state index contributed by atoms with van der Waals surface area (Å²) in [6, 6.07) is 8.87. The molecule has 0 unspecified atom stereocenters. The van der Waals surface area contributed by atoms with E-state index in [9.17, 15) is 23.4 Å². The number of phenolic OH excluding ortho intramolecular Hbond substituents is 2. The van der Waals surface area contributed by atoms with Crippen molar-refractivity contribution < 1.29 is 32.9 Å². The first-order valence-electron chi connectivity index (χ1n) is 8.10. The largest absolute Gasteiger partial charge is 0.504 e. The fourth-order valence-corrected chi connectivity index (χ4v) is 3.22. The molecule has 0 aliphatic heterocycles. The van der Waals surface area contributed by atoms with Gasteiger partial charge in [0.05, 0.1) is 14.2 Å². The summed E-state index contributed by atoms with van der Waals surface area (Å²) in [7, 11) is -1.000. The van der Waals surface area contributed by atoms with E-state index in [4.69, 9.17) is 9.47 Å². The highest BCUT2D eigenvalue weighted by atomic mass is 32.2. The number of allylic oxidation sites excluding steroid dienone is 1. The van der Waals surface area contributed by atoms with Crippen LogP contribution in [0.1, 0.15) is 11.1 Å². The second kappa shape index (κ2) is 9.09. The van der Waals surface area contributed by atoms with Crippen LogP contribution < -0.4 is 9.47 Å². The van der Waals surface area contributed by atoms with Gasteiger partial charge in [0, 0.05) is 5.41 Å². The van der Waals surface area contributed by atoms with E-state index in [2.05, 4.69) is 0 Å². The Labute approximate surface area is 163 Å². The lowest BCUT2D eigenvalue weighted by Crippen LogP contribution is -2.11. The average Bonchev–Trinajstić information content (AvgIpc) is 2.66. The zero-order valence-corrected chi connectivity index (χ0v) is 16.1. The quantitative estimate of drug-likeness (QED) is 0.651. The van der Waals surface area contributed by atoms with Crippen LogP contribution >= 0.6 is 0 Å². The highest BCUT2D eigenvalue weighted by molar-refractivity contribution is 7.95. The third kappa shape index (κ3) is 5.88. The van der Waals surface area contributed by atoms with E-state index in [1.165, 1.54) is 56.7 Å². The van der Waals surface area contributed by atoms with Crippen LogP contribution in [0.2, 0.25) is 0 Å². The first kappa shape index (κ1) is 21.0. The zero-order valence-electron chi connectivity index (χ0n) is 15.3. The maximum Gasteiger partial charge on any atom is 0.179 e. The number of hydrogen-bond acceptors (Lipinski definition) is 7. The van der Waals surface area contributed by atoms with Gasteiger partial charge in [0.25, 0.3) is 0 Å². The molecule has 0 saturated carbocycles. The number of sulfone groups is 1. The van der Waals surface area contributed by atoms with Crippen molar-refractivity contribution in [2.24, 2.45) is 0 Å². The third-order valence-corrected chi connectivity index (χ3v) is 4.92. The first-order valence-corrected chi connectivity index (χ1v) is 9.81. The number of phenols is 2. The number of hydrogen-bond donors (Lipinski definition) is 2. The summed E-state index contributed by atoms with van der Waals surface area (Å²) in [6.07, 6.45) is 3.91. The molecule has 148 valence electrons. The van der Waals surface area contributed by atoms with Crippen LogP contribution in [0.15, 0.2) is 47.9 Å². The fourth-order valence-electron chi connectivity index (χ4n) is 2.26. The van der Waals surface area contributed by atoms with Crippen LogP contribution in [-0.2, 0) is 14.6 Å². The molecule has 0 aromatic heterocycles. The van der Waals surface area contributed by atoms with Crippen LogP contribution in [0, 0.1) is 0 Å². The summed E-state index contributed by atoms with van der Waals surface area (Å²) in [5.74, 6) is -0.930. The van der Waals surface area contributed by atoms with Crippen LogP contribution in [0.5, 0.6) is 23.0 Å². The molecule has 2 N–H and O–H groups in total. The summed E-state index contributed by atoms with van der Waals surface area (Å²) >= 11 is 0. The molecule has 0 amide bonds. The average molecular weight is 404 g/mol. The normalized spacial score (nSPS) is 11.8. The van der Waals surface area contributed by atoms with Gasteiger partial charge in [-0.25, -0.2) is 8.42 Å². The maximum absolute atomic E-state index is 12.1. The van der Waals surface area contributed by atoms with E-state index in [1.54, 1.807) is 6.07 Å². The molecule has 0 bridgehead atoms. The van der Waals surface area contributed by atoms with Crippen molar-refractivity contribution in [2.75, 3.05) is 20.0 Å². The Morgan fingerprint density at radius 2 is 1.43 bits per heavy atom. The maximum atomic E-state index is 12.1. The molecule has 28 heavy (non-hydrogen) atoms. The molecule has 7 nitrogen and oxygen atoms in total. The van der Waals surface area contributed by atoms with E-state index in [1.807, 2.05) is 0 Å². The molecule has 0 atom stereocenters. The van der Waals surface area contributed by atoms with Gasteiger partial charge in [0.15, 0.2) is 38.6 Å². The van der Waals surface area contributed by atoms with Gasteiger partial charge in [0.2, 0.25) is 0 Å². The Morgan fingerprint density at radius 1 is 0.929 bits per heavy atom. The number of aromatic hydroxyl groups is 2. The van der Waals surface area contributed by atoms with Crippen molar-refractivity contribution in [1.29, 1.82) is 0 Å². The summed E-state index contributed by atoms with van der Waals surface area (Å²) in [6.45, 7) is 0. The van der Waals surface area contributed by atoms with Crippen LogP contribution in [0.4, 0.5) is 0 Å². The molecule has 0 aliphatic carbocycles. The molecule has 0 heterocycles. The first-order chi connectivity index (χ1) is 13.2. The van der Waals surface area contributed by atoms with Crippen molar-refractivity contribution >= 4 is 27.8 Å². The molecule has 0 spiro atoms. The standard InChI is InChI=1S/C20H20O7S/c1-26-19-11-14(4-7-17(19)22)3-6-16(21)13-28(24,25)10-9-15-5-8-18(23)20(12-15)27-2/h3-12,22-23H,13H2,1-2H3/b6-3?,10-9+. The molecule has 0 aliphatic rings. The minimum atomic E-state index is -3.78. The van der Waals surface area contributed by atoms with Crippen molar-refractivity contribution in [2.45, 2.75) is 0 Å². The Hall–Kier alpha value is -3.26. The minimum Gasteiger partial charge on any atom is -0.504 e. The number of ether oxygens (including phenoxy) is 2. The molecular formula is C20H20O7S. The van der Waals surface area contributed by atoms with Gasteiger partial charge >= 0.3 is 0 Å². The van der Waals surface area contributed by atoms with Gasteiger partial charge in [-0.2, -0.15) is 0 Å². The molecule has 0 radical (unpaired) electrons. The van der Waals surface area contributed by atoms with E-state index in [-0.39, 0.29) is 23.0 Å². The number of benzene rings is 2. The monoisotopic (exact) mass is 404 g/mol. The van der Waals surface area contributed by atoms with Crippen LogP contribution in [0.25, 0.3) is 12.2 Å². The predicted molar refractivity (Wildman–Crippen MR) is 106 cm³/mol. The number of rotatable bonds is 8. The molecule has 2 aromatic carbocycles. The smallest absolute Gasteiger partial charge is 0.179 e. The summed E-state index contributed by atoms with van der Waals surface area (Å²) in [5, 5.41) is 20.0. The molecule has 0 fully saturated rings. The zero-order chi connectivity index (χ0) is 20.7. The van der Waals surface area contributed by atoms with E-state index in [0.717, 1.165) is 11.5 Å². The van der Waals surface area contributed by atoms with Crippen molar-refractivity contribution in [1.82, 2.24) is 0 Å². The highest BCUT2D eigenvalue weighted by Gasteiger charge is 2.12. The Morgan fingerprint density at radius 3 is 1.93 bits per heavy atom. The Kier molecular flexibility index (Phi) is 6.84. The van der Waals surface area contributed by atoms with Crippen molar-refractivity contribution in [3.05, 3.63) is 59.0 Å². The van der Waals surface area contributed by atoms with Gasteiger partial charge in [-0.3, -0.25) is 4.79 Å². The number of carbonyl (C=O) groups excluding carboxylic acids is 1. The van der Waals surface area contributed by atoms with Gasteiger partial charge in [-0.05, 0) is 47.5 Å². The van der Waals surface area contributed by atoms with Gasteiger partial charge in [0.1, 0.15) is 5.75 Å². The SMILES string of the molecule is COc1cc(C=CC(=O)CS(=O)(=O)/C=C/c2ccc(O)c(OC)c2)ccc1O. The van der Waals surface area contributed by atoms with Crippen molar-refractivity contribution in [3.8, 4) is 23.0 Å². The molecule has 0 saturated heterocycles. The van der Waals surface area contributed by atoms with Gasteiger partial charge in [-0.1, -0.05) is 18.2 Å². The summed E-state index contributed by atoms with van der Waals surface area (Å²) in [5.41, 5.74) is 1.07. The molecule has 8 heteroatoms. The molecular weight excluding hydrogens is 384 g/mol. The van der Waals surface area contributed by atoms with E-state index < -0.39 is 21.4 Å². The predicted octanol–water partition coefficient (Wildman–Crippen LogP) is 2.78. The van der Waals surface area contributed by atoms with Gasteiger partial charge < -0.3 is 19.7 Å². The Bertz CT molecular complexity index is 1020. The minimum absolute atomic E-state index is 0.0375. The van der Waals surface area contributed by atoms with E-state index >= 15 is 0 Å². The number of methoxy groups -OCH3 is 2. The Balaban J connectivity index is 2.06. The lowest BCUT2D eigenvalue weighted by molar-refractivity contribution is -0.112. The molecule has 2 aromatic rings. The summed E-state index contributed by atoms with van der Waals surface area (Å²) < 4.78 is 34.2. The second-order valence-corrected chi connectivity index (χ2v) is 7.66. The van der Waals surface area contributed by atoms with Crippen LogP contribution in [-0.4, -0.2) is 44.4 Å². The lowest BCUT2D eigenvalue weighted by Gasteiger charge is -2.04. The highest BCUT2D eigenvalue weighted by Crippen LogP contribution is 2.27.